The Balaban J connectivity index is 1.80. The van der Waals surface area contributed by atoms with Crippen molar-refractivity contribution in [2.45, 2.75) is 27.2 Å². The van der Waals surface area contributed by atoms with Crippen LogP contribution in [-0.2, 0) is 4.79 Å². The van der Waals surface area contributed by atoms with Crippen LogP contribution in [0.4, 0.5) is 0 Å². The number of ether oxygens (including phenoxy) is 2. The number of nitrogens with one attached hydrogen (secondary N) is 2. The fourth-order valence-electron chi connectivity index (χ4n) is 2.32. The van der Waals surface area contributed by atoms with Crippen LogP contribution < -0.4 is 20.3 Å². The second-order valence-corrected chi connectivity index (χ2v) is 5.88. The van der Waals surface area contributed by atoms with Crippen molar-refractivity contribution in [1.82, 2.24) is 10.9 Å². The number of para-hydroxylation sites is 1. The van der Waals surface area contributed by atoms with Crippen molar-refractivity contribution < 1.29 is 19.1 Å². The van der Waals surface area contributed by atoms with Gasteiger partial charge in [-0.3, -0.25) is 20.4 Å². The highest BCUT2D eigenvalue weighted by atomic mass is 16.5. The van der Waals surface area contributed by atoms with Crippen LogP contribution in [0.2, 0.25) is 0 Å². The molecule has 0 atom stereocenters. The first-order valence-corrected chi connectivity index (χ1v) is 8.52. The molecule has 0 aliphatic heterocycles. The first-order valence-electron chi connectivity index (χ1n) is 8.52. The molecule has 6 heteroatoms. The summed E-state index contributed by atoms with van der Waals surface area (Å²) in [6.07, 6.45) is 0.915. The van der Waals surface area contributed by atoms with Gasteiger partial charge in [0.15, 0.2) is 6.61 Å². The van der Waals surface area contributed by atoms with E-state index in [0.29, 0.717) is 23.7 Å². The van der Waals surface area contributed by atoms with Crippen molar-refractivity contribution in [2.24, 2.45) is 0 Å². The van der Waals surface area contributed by atoms with Gasteiger partial charge in [0.25, 0.3) is 11.8 Å². The Bertz CT molecular complexity index is 737. The lowest BCUT2D eigenvalue weighted by Gasteiger charge is -2.12. The standard InChI is InChI=1S/C20H24N2O4/c1-4-12-25-17-10-8-16(9-11-17)20(24)22-21-18(23)13-26-19-14(2)6-5-7-15(19)3/h5-11H,4,12-13H2,1-3H3,(H,21,23)(H,22,24). The SMILES string of the molecule is CCCOc1ccc(C(=O)NNC(=O)COc2c(C)cccc2C)cc1. The van der Waals surface area contributed by atoms with Crippen molar-refractivity contribution in [1.29, 1.82) is 0 Å². The van der Waals surface area contributed by atoms with E-state index in [2.05, 4.69) is 10.9 Å². The second-order valence-electron chi connectivity index (χ2n) is 5.88. The van der Waals surface area contributed by atoms with Gasteiger partial charge in [0.05, 0.1) is 6.61 Å². The maximum Gasteiger partial charge on any atom is 0.276 e. The molecule has 0 unspecified atom stereocenters. The zero-order chi connectivity index (χ0) is 18.9. The topological polar surface area (TPSA) is 76.7 Å². The summed E-state index contributed by atoms with van der Waals surface area (Å²) in [5.41, 5.74) is 7.04. The molecule has 0 heterocycles. The molecule has 0 radical (unpaired) electrons. The second kappa shape index (κ2) is 9.46. The molecule has 2 N–H and O–H groups in total. The fraction of sp³-hybridized carbons (Fsp3) is 0.300. The van der Waals surface area contributed by atoms with Crippen LogP contribution in [-0.4, -0.2) is 25.0 Å². The van der Waals surface area contributed by atoms with E-state index in [1.807, 2.05) is 39.0 Å². The molecule has 0 fully saturated rings. The maximum absolute atomic E-state index is 12.0. The van der Waals surface area contributed by atoms with Gasteiger partial charge in [-0.15, -0.1) is 0 Å². The number of carbonyl (C=O) groups is 2. The third-order valence-corrected chi connectivity index (χ3v) is 3.66. The molecule has 2 aromatic carbocycles. The molecule has 0 spiro atoms. The fourth-order valence-corrected chi connectivity index (χ4v) is 2.32. The first-order chi connectivity index (χ1) is 12.5. The summed E-state index contributed by atoms with van der Waals surface area (Å²) in [7, 11) is 0. The molecule has 0 saturated heterocycles. The van der Waals surface area contributed by atoms with Crippen molar-refractivity contribution in [3.05, 3.63) is 59.2 Å². The Kier molecular flexibility index (Phi) is 7.02. The summed E-state index contributed by atoms with van der Waals surface area (Å²) in [4.78, 5) is 23.9. The molecular weight excluding hydrogens is 332 g/mol. The van der Waals surface area contributed by atoms with E-state index in [9.17, 15) is 9.59 Å². The maximum atomic E-state index is 12.0. The van der Waals surface area contributed by atoms with E-state index < -0.39 is 11.8 Å². The average molecular weight is 356 g/mol. The van der Waals surface area contributed by atoms with Gasteiger partial charge in [-0.2, -0.15) is 0 Å². The lowest BCUT2D eigenvalue weighted by atomic mass is 10.1. The van der Waals surface area contributed by atoms with Crippen LogP contribution in [0.3, 0.4) is 0 Å². The number of hydrogen-bond donors (Lipinski definition) is 2. The van der Waals surface area contributed by atoms with Crippen LogP contribution in [0, 0.1) is 13.8 Å². The molecule has 0 bridgehead atoms. The van der Waals surface area contributed by atoms with Crippen LogP contribution in [0.25, 0.3) is 0 Å². The minimum absolute atomic E-state index is 0.185. The predicted molar refractivity (Wildman–Crippen MR) is 99.2 cm³/mol. The van der Waals surface area contributed by atoms with Crippen LogP contribution in [0.1, 0.15) is 34.8 Å². The summed E-state index contributed by atoms with van der Waals surface area (Å²) in [5.74, 6) is 0.530. The Hall–Kier alpha value is -3.02. The molecule has 0 aliphatic rings. The number of aryl methyl sites for hydroxylation is 2. The molecule has 2 aromatic rings. The van der Waals surface area contributed by atoms with Crippen molar-refractivity contribution in [3.8, 4) is 11.5 Å². The Morgan fingerprint density at radius 1 is 0.923 bits per heavy atom. The number of hydrogen-bond acceptors (Lipinski definition) is 4. The van der Waals surface area contributed by atoms with E-state index in [1.165, 1.54) is 0 Å². The molecule has 26 heavy (non-hydrogen) atoms. The number of carbonyl (C=O) groups excluding carboxylic acids is 2. The zero-order valence-electron chi connectivity index (χ0n) is 15.3. The third kappa shape index (κ3) is 5.51. The number of rotatable bonds is 7. The van der Waals surface area contributed by atoms with Gasteiger partial charge in [0, 0.05) is 5.56 Å². The Morgan fingerprint density at radius 3 is 2.19 bits per heavy atom. The first kappa shape index (κ1) is 19.3. The highest BCUT2D eigenvalue weighted by molar-refractivity contribution is 5.95. The molecule has 0 aromatic heterocycles. The zero-order valence-corrected chi connectivity index (χ0v) is 15.3. The Morgan fingerprint density at radius 2 is 1.58 bits per heavy atom. The average Bonchev–Trinajstić information content (AvgIpc) is 2.64. The van der Waals surface area contributed by atoms with E-state index >= 15 is 0 Å². The van der Waals surface area contributed by atoms with Gasteiger partial charge in [-0.25, -0.2) is 0 Å². The molecule has 2 amide bonds. The molecule has 138 valence electrons. The van der Waals surface area contributed by atoms with E-state index in [1.54, 1.807) is 24.3 Å². The molecule has 0 saturated carbocycles. The van der Waals surface area contributed by atoms with Gasteiger partial charge in [-0.05, 0) is 55.7 Å². The summed E-state index contributed by atoms with van der Waals surface area (Å²) >= 11 is 0. The number of benzene rings is 2. The van der Waals surface area contributed by atoms with Crippen LogP contribution >= 0.6 is 0 Å². The van der Waals surface area contributed by atoms with Gasteiger partial charge < -0.3 is 9.47 Å². The number of hydrazine groups is 1. The van der Waals surface area contributed by atoms with Crippen LogP contribution in [0.15, 0.2) is 42.5 Å². The predicted octanol–water partition coefficient (Wildman–Crippen LogP) is 2.93. The van der Waals surface area contributed by atoms with Gasteiger partial charge >= 0.3 is 0 Å². The minimum atomic E-state index is -0.441. The smallest absolute Gasteiger partial charge is 0.276 e. The third-order valence-electron chi connectivity index (χ3n) is 3.66. The largest absolute Gasteiger partial charge is 0.494 e. The molecule has 0 aliphatic carbocycles. The normalized spacial score (nSPS) is 10.1. The van der Waals surface area contributed by atoms with Crippen LogP contribution in [0.5, 0.6) is 11.5 Å². The monoisotopic (exact) mass is 356 g/mol. The summed E-state index contributed by atoms with van der Waals surface area (Å²) < 4.78 is 11.0. The Labute approximate surface area is 153 Å². The van der Waals surface area contributed by atoms with E-state index in [-0.39, 0.29) is 6.61 Å². The lowest BCUT2D eigenvalue weighted by molar-refractivity contribution is -0.123. The van der Waals surface area contributed by atoms with Crippen molar-refractivity contribution in [3.63, 3.8) is 0 Å². The summed E-state index contributed by atoms with van der Waals surface area (Å²) in [6, 6.07) is 12.5. The summed E-state index contributed by atoms with van der Waals surface area (Å²) in [6.45, 7) is 6.29. The highest BCUT2D eigenvalue weighted by Gasteiger charge is 2.10. The minimum Gasteiger partial charge on any atom is -0.494 e. The molecule has 6 nitrogen and oxygen atoms in total. The highest BCUT2D eigenvalue weighted by Crippen LogP contribution is 2.21. The van der Waals surface area contributed by atoms with Crippen molar-refractivity contribution in [2.75, 3.05) is 13.2 Å². The lowest BCUT2D eigenvalue weighted by Crippen LogP contribution is -2.43. The van der Waals surface area contributed by atoms with Gasteiger partial charge in [0.1, 0.15) is 11.5 Å². The van der Waals surface area contributed by atoms with Gasteiger partial charge in [0.2, 0.25) is 0 Å². The van der Waals surface area contributed by atoms with E-state index in [0.717, 1.165) is 17.5 Å². The number of amides is 2. The molecule has 2 rings (SSSR count). The summed E-state index contributed by atoms with van der Waals surface area (Å²) in [5, 5.41) is 0. The van der Waals surface area contributed by atoms with Crippen molar-refractivity contribution >= 4 is 11.8 Å². The van der Waals surface area contributed by atoms with Gasteiger partial charge in [-0.1, -0.05) is 25.1 Å². The van der Waals surface area contributed by atoms with E-state index in [4.69, 9.17) is 9.47 Å². The quantitative estimate of drug-likeness (QED) is 0.748. The molecular formula is C20H24N2O4.